The monoisotopic (exact) mass is 328 g/mol. The van der Waals surface area contributed by atoms with Gasteiger partial charge in [-0.15, -0.1) is 0 Å². The standard InChI is InChI=1S/C19H36O4/c1-4-17(3)23-19(22)15-16(2)13-11-9-7-5-6-8-10-12-14-18(20)21/h16-17H,4-15H2,1-3H3,(H,20,21). The number of rotatable bonds is 15. The Balaban J connectivity index is 3.37. The highest BCUT2D eigenvalue weighted by atomic mass is 16.5. The topological polar surface area (TPSA) is 63.6 Å². The molecule has 0 aromatic heterocycles. The largest absolute Gasteiger partial charge is 0.481 e. The molecule has 0 fully saturated rings. The van der Waals surface area contributed by atoms with Crippen LogP contribution >= 0.6 is 0 Å². The van der Waals surface area contributed by atoms with Crippen LogP contribution < -0.4 is 0 Å². The number of hydrogen-bond donors (Lipinski definition) is 1. The highest BCUT2D eigenvalue weighted by Gasteiger charge is 2.12. The van der Waals surface area contributed by atoms with E-state index in [9.17, 15) is 9.59 Å². The van der Waals surface area contributed by atoms with Gasteiger partial charge in [-0.3, -0.25) is 9.59 Å². The van der Waals surface area contributed by atoms with Crippen LogP contribution in [0.1, 0.15) is 97.8 Å². The summed E-state index contributed by atoms with van der Waals surface area (Å²) in [6, 6.07) is 0. The molecule has 0 aliphatic rings. The van der Waals surface area contributed by atoms with E-state index in [1.165, 1.54) is 32.1 Å². The number of aliphatic carboxylic acids is 1. The molecule has 0 aromatic carbocycles. The van der Waals surface area contributed by atoms with Crippen molar-refractivity contribution < 1.29 is 19.4 Å². The summed E-state index contributed by atoms with van der Waals surface area (Å²) in [5, 5.41) is 8.54. The van der Waals surface area contributed by atoms with Crippen molar-refractivity contribution in [3.05, 3.63) is 0 Å². The zero-order valence-electron chi connectivity index (χ0n) is 15.3. The van der Waals surface area contributed by atoms with Crippen molar-refractivity contribution in [1.82, 2.24) is 0 Å². The Kier molecular flexibility index (Phi) is 13.9. The van der Waals surface area contributed by atoms with Crippen LogP contribution in [0.3, 0.4) is 0 Å². The molecule has 1 N–H and O–H groups in total. The molecular weight excluding hydrogens is 292 g/mol. The maximum Gasteiger partial charge on any atom is 0.306 e. The number of carbonyl (C=O) groups is 2. The Morgan fingerprint density at radius 2 is 1.43 bits per heavy atom. The van der Waals surface area contributed by atoms with E-state index < -0.39 is 5.97 Å². The Bertz CT molecular complexity index is 314. The third-order valence-corrected chi connectivity index (χ3v) is 4.26. The number of carboxylic acids is 1. The number of carboxylic acid groups (broad SMARTS) is 1. The summed E-state index contributed by atoms with van der Waals surface area (Å²) in [4.78, 5) is 22.0. The summed E-state index contributed by atoms with van der Waals surface area (Å²) in [5.74, 6) is -0.345. The fourth-order valence-electron chi connectivity index (χ4n) is 2.57. The van der Waals surface area contributed by atoms with Crippen molar-refractivity contribution in [2.75, 3.05) is 0 Å². The first-order valence-corrected chi connectivity index (χ1v) is 9.37. The minimum atomic E-state index is -0.688. The average Bonchev–Trinajstić information content (AvgIpc) is 2.48. The maximum atomic E-state index is 11.7. The summed E-state index contributed by atoms with van der Waals surface area (Å²) in [7, 11) is 0. The number of carbonyl (C=O) groups excluding carboxylic acids is 1. The molecule has 23 heavy (non-hydrogen) atoms. The fourth-order valence-corrected chi connectivity index (χ4v) is 2.57. The molecule has 0 heterocycles. The van der Waals surface area contributed by atoms with Crippen molar-refractivity contribution in [1.29, 1.82) is 0 Å². The van der Waals surface area contributed by atoms with Gasteiger partial charge in [0.25, 0.3) is 0 Å². The van der Waals surface area contributed by atoms with E-state index in [-0.39, 0.29) is 12.1 Å². The van der Waals surface area contributed by atoms with Gasteiger partial charge in [-0.05, 0) is 25.7 Å². The van der Waals surface area contributed by atoms with E-state index in [0.717, 1.165) is 32.1 Å². The first kappa shape index (κ1) is 21.9. The van der Waals surface area contributed by atoms with Gasteiger partial charge in [0.1, 0.15) is 0 Å². The van der Waals surface area contributed by atoms with Crippen molar-refractivity contribution in [2.45, 2.75) is 104 Å². The zero-order chi connectivity index (χ0) is 17.5. The van der Waals surface area contributed by atoms with E-state index in [1.807, 2.05) is 13.8 Å². The summed E-state index contributed by atoms with van der Waals surface area (Å²) in [6.45, 7) is 6.08. The molecule has 0 aliphatic carbocycles. The van der Waals surface area contributed by atoms with Gasteiger partial charge >= 0.3 is 11.9 Å². The first-order valence-electron chi connectivity index (χ1n) is 9.37. The van der Waals surface area contributed by atoms with Gasteiger partial charge in [-0.1, -0.05) is 65.2 Å². The molecule has 0 spiro atoms. The fraction of sp³-hybridized carbons (Fsp3) is 0.895. The molecule has 0 aromatic rings. The molecule has 0 radical (unpaired) electrons. The van der Waals surface area contributed by atoms with Gasteiger partial charge in [0, 0.05) is 12.8 Å². The maximum absolute atomic E-state index is 11.7. The highest BCUT2D eigenvalue weighted by molar-refractivity contribution is 5.69. The number of unbranched alkanes of at least 4 members (excludes halogenated alkanes) is 7. The Labute approximate surface area is 142 Å². The second-order valence-corrected chi connectivity index (χ2v) is 6.78. The van der Waals surface area contributed by atoms with Gasteiger partial charge < -0.3 is 9.84 Å². The third kappa shape index (κ3) is 15.6. The minimum absolute atomic E-state index is 0.0326. The van der Waals surface area contributed by atoms with Crippen LogP contribution in [0, 0.1) is 5.92 Å². The van der Waals surface area contributed by atoms with Gasteiger partial charge in [0.15, 0.2) is 0 Å². The first-order chi connectivity index (χ1) is 11.0. The lowest BCUT2D eigenvalue weighted by molar-refractivity contribution is -0.149. The minimum Gasteiger partial charge on any atom is -0.481 e. The van der Waals surface area contributed by atoms with Crippen LogP contribution in [0.15, 0.2) is 0 Å². The van der Waals surface area contributed by atoms with E-state index in [2.05, 4.69) is 6.92 Å². The molecule has 0 aliphatic heterocycles. The van der Waals surface area contributed by atoms with E-state index in [4.69, 9.17) is 9.84 Å². The summed E-state index contributed by atoms with van der Waals surface area (Å²) >= 11 is 0. The molecular formula is C19H36O4. The molecule has 4 heteroatoms. The molecule has 0 amide bonds. The Morgan fingerprint density at radius 3 is 1.96 bits per heavy atom. The van der Waals surface area contributed by atoms with Gasteiger partial charge in [0.05, 0.1) is 6.10 Å². The summed E-state index contributed by atoms with van der Waals surface area (Å²) < 4.78 is 5.30. The molecule has 2 unspecified atom stereocenters. The average molecular weight is 328 g/mol. The van der Waals surface area contributed by atoms with Gasteiger partial charge in [0.2, 0.25) is 0 Å². The highest BCUT2D eigenvalue weighted by Crippen LogP contribution is 2.16. The van der Waals surface area contributed by atoms with Crippen LogP contribution in [-0.2, 0) is 14.3 Å². The molecule has 4 nitrogen and oxygen atoms in total. The normalized spacial score (nSPS) is 13.5. The lowest BCUT2D eigenvalue weighted by Crippen LogP contribution is -2.16. The van der Waals surface area contributed by atoms with Crippen LogP contribution in [0.25, 0.3) is 0 Å². The molecule has 0 saturated carbocycles. The van der Waals surface area contributed by atoms with Gasteiger partial charge in [-0.25, -0.2) is 0 Å². The zero-order valence-corrected chi connectivity index (χ0v) is 15.3. The number of ether oxygens (including phenoxy) is 1. The molecule has 0 bridgehead atoms. The van der Waals surface area contributed by atoms with Crippen molar-refractivity contribution in [3.8, 4) is 0 Å². The van der Waals surface area contributed by atoms with Crippen molar-refractivity contribution in [2.24, 2.45) is 5.92 Å². The summed E-state index contributed by atoms with van der Waals surface area (Å²) in [6.07, 6.45) is 11.9. The Morgan fingerprint density at radius 1 is 0.913 bits per heavy atom. The van der Waals surface area contributed by atoms with Crippen LogP contribution in [-0.4, -0.2) is 23.1 Å². The lowest BCUT2D eigenvalue weighted by Gasteiger charge is -2.14. The lowest BCUT2D eigenvalue weighted by atomic mass is 9.99. The van der Waals surface area contributed by atoms with Crippen LogP contribution in [0.4, 0.5) is 0 Å². The van der Waals surface area contributed by atoms with Crippen LogP contribution in [0.2, 0.25) is 0 Å². The van der Waals surface area contributed by atoms with Crippen molar-refractivity contribution in [3.63, 3.8) is 0 Å². The van der Waals surface area contributed by atoms with E-state index in [0.29, 0.717) is 18.8 Å². The molecule has 136 valence electrons. The summed E-state index contributed by atoms with van der Waals surface area (Å²) in [5.41, 5.74) is 0. The molecule has 0 rings (SSSR count). The van der Waals surface area contributed by atoms with Crippen LogP contribution in [0.5, 0.6) is 0 Å². The second-order valence-electron chi connectivity index (χ2n) is 6.78. The molecule has 0 saturated heterocycles. The quantitative estimate of drug-likeness (QED) is 0.325. The number of hydrogen-bond acceptors (Lipinski definition) is 3. The van der Waals surface area contributed by atoms with E-state index in [1.54, 1.807) is 0 Å². The number of esters is 1. The predicted molar refractivity (Wildman–Crippen MR) is 93.4 cm³/mol. The SMILES string of the molecule is CCC(C)OC(=O)CC(C)CCCCCCCCCCC(=O)O. The van der Waals surface area contributed by atoms with Crippen molar-refractivity contribution >= 4 is 11.9 Å². The smallest absolute Gasteiger partial charge is 0.306 e. The molecule has 2 atom stereocenters. The third-order valence-electron chi connectivity index (χ3n) is 4.26. The second kappa shape index (κ2) is 14.5. The van der Waals surface area contributed by atoms with Gasteiger partial charge in [-0.2, -0.15) is 0 Å². The predicted octanol–water partition coefficient (Wildman–Crippen LogP) is 5.34. The Hall–Kier alpha value is -1.06. The van der Waals surface area contributed by atoms with E-state index >= 15 is 0 Å².